The first-order valence-electron chi connectivity index (χ1n) is 7.81. The Bertz CT molecular complexity index is 440. The van der Waals surface area contributed by atoms with Crippen LogP contribution >= 0.6 is 11.8 Å². The Labute approximate surface area is 127 Å². The lowest BCUT2D eigenvalue weighted by Crippen LogP contribution is -2.37. The molecular weight excluding hydrogens is 264 g/mol. The number of benzene rings is 1. The molecule has 0 N–H and O–H groups in total. The smallest absolute Gasteiger partial charge is 0.0108 e. The van der Waals surface area contributed by atoms with Gasteiger partial charge < -0.3 is 9.80 Å². The lowest BCUT2D eigenvalue weighted by atomic mass is 9.95. The summed E-state index contributed by atoms with van der Waals surface area (Å²) < 4.78 is 0. The fraction of sp³-hybridized carbons (Fsp3) is 0.647. The highest BCUT2D eigenvalue weighted by molar-refractivity contribution is 7.99. The van der Waals surface area contributed by atoms with E-state index in [0.717, 1.165) is 11.8 Å². The van der Waals surface area contributed by atoms with E-state index in [0.29, 0.717) is 0 Å². The zero-order valence-electron chi connectivity index (χ0n) is 12.7. The van der Waals surface area contributed by atoms with Crippen LogP contribution in [0.4, 0.5) is 0 Å². The van der Waals surface area contributed by atoms with Crippen molar-refractivity contribution in [3.8, 4) is 0 Å². The van der Waals surface area contributed by atoms with Gasteiger partial charge in [-0.15, -0.1) is 11.8 Å². The highest BCUT2D eigenvalue weighted by atomic mass is 32.2. The van der Waals surface area contributed by atoms with Gasteiger partial charge in [0, 0.05) is 29.7 Å². The predicted octanol–water partition coefficient (Wildman–Crippen LogP) is 3.15. The molecule has 2 heterocycles. The standard InChI is InChI=1S/C17H26N2S/c1-18-9-7-14(8-10-18)11-19(2)12-15-13-20-17-6-4-3-5-16(15)17/h3-6,14-15H,7-13H2,1-2H3. The molecule has 20 heavy (non-hydrogen) atoms. The van der Waals surface area contributed by atoms with E-state index in [9.17, 15) is 0 Å². The van der Waals surface area contributed by atoms with Crippen LogP contribution in [-0.4, -0.2) is 55.8 Å². The summed E-state index contributed by atoms with van der Waals surface area (Å²) >= 11 is 2.03. The molecule has 2 aliphatic rings. The van der Waals surface area contributed by atoms with Gasteiger partial charge in [-0.05, 0) is 57.6 Å². The molecule has 1 fully saturated rings. The maximum Gasteiger partial charge on any atom is 0.0108 e. The molecule has 1 aromatic rings. The Balaban J connectivity index is 1.51. The highest BCUT2D eigenvalue weighted by Crippen LogP contribution is 2.39. The van der Waals surface area contributed by atoms with Gasteiger partial charge in [0.15, 0.2) is 0 Å². The molecular formula is C17H26N2S. The third-order valence-corrected chi connectivity index (χ3v) is 5.99. The van der Waals surface area contributed by atoms with Crippen molar-refractivity contribution >= 4 is 11.8 Å². The second-order valence-corrected chi connectivity index (χ2v) is 7.58. The third-order valence-electron chi connectivity index (χ3n) is 4.74. The average Bonchev–Trinajstić information content (AvgIpc) is 2.85. The first-order valence-corrected chi connectivity index (χ1v) is 8.80. The number of nitrogens with zero attached hydrogens (tertiary/aromatic N) is 2. The summed E-state index contributed by atoms with van der Waals surface area (Å²) in [5, 5.41) is 0. The average molecular weight is 290 g/mol. The molecule has 0 bridgehead atoms. The van der Waals surface area contributed by atoms with Gasteiger partial charge in [-0.1, -0.05) is 18.2 Å². The van der Waals surface area contributed by atoms with Gasteiger partial charge in [-0.3, -0.25) is 0 Å². The third kappa shape index (κ3) is 3.38. The van der Waals surface area contributed by atoms with Gasteiger partial charge in [0.05, 0.1) is 0 Å². The molecule has 0 saturated carbocycles. The molecule has 1 aromatic carbocycles. The topological polar surface area (TPSA) is 6.48 Å². The zero-order chi connectivity index (χ0) is 13.9. The largest absolute Gasteiger partial charge is 0.306 e. The lowest BCUT2D eigenvalue weighted by molar-refractivity contribution is 0.174. The van der Waals surface area contributed by atoms with E-state index in [1.54, 1.807) is 5.56 Å². The summed E-state index contributed by atoms with van der Waals surface area (Å²) in [5.41, 5.74) is 1.58. The van der Waals surface area contributed by atoms with Gasteiger partial charge in [-0.2, -0.15) is 0 Å². The van der Waals surface area contributed by atoms with E-state index >= 15 is 0 Å². The molecule has 0 aromatic heterocycles. The summed E-state index contributed by atoms with van der Waals surface area (Å²) in [6.07, 6.45) is 2.74. The minimum Gasteiger partial charge on any atom is -0.306 e. The molecule has 1 atom stereocenters. The number of piperidine rings is 1. The number of hydrogen-bond donors (Lipinski definition) is 0. The van der Waals surface area contributed by atoms with Gasteiger partial charge in [0.2, 0.25) is 0 Å². The first-order chi connectivity index (χ1) is 9.72. The molecule has 2 nitrogen and oxygen atoms in total. The SMILES string of the molecule is CN1CCC(CN(C)CC2CSc3ccccc32)CC1. The zero-order valence-corrected chi connectivity index (χ0v) is 13.5. The van der Waals surface area contributed by atoms with Gasteiger partial charge in [0.1, 0.15) is 0 Å². The Kier molecular flexibility index (Phi) is 4.69. The van der Waals surface area contributed by atoms with Crippen LogP contribution in [0.3, 0.4) is 0 Å². The number of likely N-dealkylation sites (tertiary alicyclic amines) is 1. The van der Waals surface area contributed by atoms with Crippen molar-refractivity contribution in [1.29, 1.82) is 0 Å². The van der Waals surface area contributed by atoms with Crippen molar-refractivity contribution in [1.82, 2.24) is 9.80 Å². The monoisotopic (exact) mass is 290 g/mol. The van der Waals surface area contributed by atoms with Crippen molar-refractivity contribution in [2.75, 3.05) is 46.0 Å². The van der Waals surface area contributed by atoms with Crippen LogP contribution in [0.2, 0.25) is 0 Å². The minimum atomic E-state index is 0.729. The van der Waals surface area contributed by atoms with Crippen LogP contribution in [0, 0.1) is 5.92 Å². The maximum absolute atomic E-state index is 2.57. The van der Waals surface area contributed by atoms with Crippen LogP contribution in [-0.2, 0) is 0 Å². The van der Waals surface area contributed by atoms with Crippen LogP contribution in [0.15, 0.2) is 29.2 Å². The molecule has 0 aliphatic carbocycles. The van der Waals surface area contributed by atoms with Crippen molar-refractivity contribution in [2.24, 2.45) is 5.92 Å². The quantitative estimate of drug-likeness (QED) is 0.841. The summed E-state index contributed by atoms with van der Waals surface area (Å²) in [5.74, 6) is 2.89. The van der Waals surface area contributed by atoms with Gasteiger partial charge in [-0.25, -0.2) is 0 Å². The normalized spacial score (nSPS) is 24.2. The van der Waals surface area contributed by atoms with E-state index < -0.39 is 0 Å². The molecule has 110 valence electrons. The summed E-state index contributed by atoms with van der Waals surface area (Å²) in [6, 6.07) is 8.95. The number of hydrogen-bond acceptors (Lipinski definition) is 3. The summed E-state index contributed by atoms with van der Waals surface area (Å²) in [6.45, 7) is 5.05. The number of rotatable bonds is 4. The lowest BCUT2D eigenvalue weighted by Gasteiger charge is -2.32. The van der Waals surface area contributed by atoms with E-state index in [1.807, 2.05) is 11.8 Å². The number of thioether (sulfide) groups is 1. The fourth-order valence-electron chi connectivity index (χ4n) is 3.52. The molecule has 3 heteroatoms. The Hall–Kier alpha value is -0.510. The molecule has 0 spiro atoms. The van der Waals surface area contributed by atoms with Crippen LogP contribution in [0.25, 0.3) is 0 Å². The number of fused-ring (bicyclic) bond motifs is 1. The summed E-state index contributed by atoms with van der Waals surface area (Å²) in [4.78, 5) is 6.54. The van der Waals surface area contributed by atoms with E-state index in [2.05, 4.69) is 48.2 Å². The first kappa shape index (κ1) is 14.4. The Morgan fingerprint density at radius 2 is 1.95 bits per heavy atom. The minimum absolute atomic E-state index is 0.729. The molecule has 0 radical (unpaired) electrons. The Morgan fingerprint density at radius 1 is 1.20 bits per heavy atom. The van der Waals surface area contributed by atoms with Crippen LogP contribution in [0.1, 0.15) is 24.3 Å². The van der Waals surface area contributed by atoms with Gasteiger partial charge >= 0.3 is 0 Å². The predicted molar refractivity (Wildman–Crippen MR) is 87.6 cm³/mol. The van der Waals surface area contributed by atoms with Crippen LogP contribution < -0.4 is 0 Å². The van der Waals surface area contributed by atoms with E-state index in [4.69, 9.17) is 0 Å². The van der Waals surface area contributed by atoms with Crippen molar-refractivity contribution in [2.45, 2.75) is 23.7 Å². The molecule has 3 rings (SSSR count). The number of likely N-dealkylation sites (N-methyl/N-ethyl adjacent to an activating group) is 1. The summed E-state index contributed by atoms with van der Waals surface area (Å²) in [7, 11) is 4.55. The fourth-order valence-corrected chi connectivity index (χ4v) is 4.76. The van der Waals surface area contributed by atoms with Crippen molar-refractivity contribution < 1.29 is 0 Å². The van der Waals surface area contributed by atoms with E-state index in [1.165, 1.54) is 49.7 Å². The Morgan fingerprint density at radius 3 is 2.75 bits per heavy atom. The van der Waals surface area contributed by atoms with Gasteiger partial charge in [0.25, 0.3) is 0 Å². The highest BCUT2D eigenvalue weighted by Gasteiger charge is 2.25. The van der Waals surface area contributed by atoms with Crippen molar-refractivity contribution in [3.05, 3.63) is 29.8 Å². The molecule has 2 aliphatic heterocycles. The second-order valence-electron chi connectivity index (χ2n) is 6.51. The second kappa shape index (κ2) is 6.50. The van der Waals surface area contributed by atoms with Crippen LogP contribution in [0.5, 0.6) is 0 Å². The molecule has 1 unspecified atom stereocenters. The maximum atomic E-state index is 2.57. The van der Waals surface area contributed by atoms with E-state index in [-0.39, 0.29) is 0 Å². The van der Waals surface area contributed by atoms with Crippen molar-refractivity contribution in [3.63, 3.8) is 0 Å². The molecule has 0 amide bonds. The molecule has 1 saturated heterocycles.